The summed E-state index contributed by atoms with van der Waals surface area (Å²) in [6, 6.07) is 5.46. The van der Waals surface area contributed by atoms with Crippen molar-refractivity contribution in [2.45, 2.75) is 46.1 Å². The molecule has 112 valence electrons. The van der Waals surface area contributed by atoms with Gasteiger partial charge in [-0.3, -0.25) is 0 Å². The maximum atomic E-state index is 13.8. The van der Waals surface area contributed by atoms with Crippen molar-refractivity contribution in [3.63, 3.8) is 0 Å². The SMILES string of the molecule is CCCNCc1cc(F)cc(N2CCC(CC)CC2)c1. The molecule has 20 heavy (non-hydrogen) atoms. The van der Waals surface area contributed by atoms with E-state index in [1.807, 2.05) is 0 Å². The average molecular weight is 278 g/mol. The zero-order valence-corrected chi connectivity index (χ0v) is 12.8. The maximum Gasteiger partial charge on any atom is 0.125 e. The van der Waals surface area contributed by atoms with Gasteiger partial charge in [0.05, 0.1) is 0 Å². The summed E-state index contributed by atoms with van der Waals surface area (Å²) in [5, 5.41) is 3.34. The van der Waals surface area contributed by atoms with Crippen LogP contribution in [0.5, 0.6) is 0 Å². The highest BCUT2D eigenvalue weighted by molar-refractivity contribution is 5.49. The van der Waals surface area contributed by atoms with E-state index in [1.165, 1.54) is 19.3 Å². The molecule has 0 amide bonds. The van der Waals surface area contributed by atoms with Gasteiger partial charge >= 0.3 is 0 Å². The molecule has 0 aromatic heterocycles. The fourth-order valence-corrected chi connectivity index (χ4v) is 2.93. The molecule has 1 saturated heterocycles. The Morgan fingerprint density at radius 1 is 1.20 bits per heavy atom. The van der Waals surface area contributed by atoms with Gasteiger partial charge in [0.25, 0.3) is 0 Å². The van der Waals surface area contributed by atoms with Crippen molar-refractivity contribution < 1.29 is 4.39 Å². The fourth-order valence-electron chi connectivity index (χ4n) is 2.93. The summed E-state index contributed by atoms with van der Waals surface area (Å²) in [5.41, 5.74) is 2.10. The molecule has 1 aliphatic rings. The Morgan fingerprint density at radius 2 is 1.95 bits per heavy atom. The first kappa shape index (κ1) is 15.3. The predicted octanol–water partition coefficient (Wildman–Crippen LogP) is 3.95. The van der Waals surface area contributed by atoms with Gasteiger partial charge in [-0.15, -0.1) is 0 Å². The van der Waals surface area contributed by atoms with Crippen molar-refractivity contribution in [3.8, 4) is 0 Å². The molecule has 0 aliphatic carbocycles. The molecule has 0 atom stereocenters. The molecule has 1 aliphatic heterocycles. The minimum absolute atomic E-state index is 0.117. The second-order valence-electron chi connectivity index (χ2n) is 5.83. The van der Waals surface area contributed by atoms with Gasteiger partial charge in [0.15, 0.2) is 0 Å². The summed E-state index contributed by atoms with van der Waals surface area (Å²) >= 11 is 0. The zero-order valence-electron chi connectivity index (χ0n) is 12.8. The summed E-state index contributed by atoms with van der Waals surface area (Å²) in [4.78, 5) is 2.33. The van der Waals surface area contributed by atoms with E-state index in [0.717, 1.165) is 49.8 Å². The van der Waals surface area contributed by atoms with E-state index in [4.69, 9.17) is 0 Å². The molecule has 3 heteroatoms. The Morgan fingerprint density at radius 3 is 2.60 bits per heavy atom. The van der Waals surface area contributed by atoms with Crippen molar-refractivity contribution in [1.82, 2.24) is 5.32 Å². The van der Waals surface area contributed by atoms with Crippen molar-refractivity contribution in [2.24, 2.45) is 5.92 Å². The van der Waals surface area contributed by atoms with Crippen LogP contribution < -0.4 is 10.2 Å². The lowest BCUT2D eigenvalue weighted by Crippen LogP contribution is -2.33. The predicted molar refractivity (Wildman–Crippen MR) is 83.6 cm³/mol. The number of nitrogens with zero attached hydrogens (tertiary/aromatic N) is 1. The molecular formula is C17H27FN2. The maximum absolute atomic E-state index is 13.8. The topological polar surface area (TPSA) is 15.3 Å². The lowest BCUT2D eigenvalue weighted by Gasteiger charge is -2.33. The van der Waals surface area contributed by atoms with Crippen LogP contribution in [-0.4, -0.2) is 19.6 Å². The smallest absolute Gasteiger partial charge is 0.125 e. The molecule has 1 fully saturated rings. The first-order valence-corrected chi connectivity index (χ1v) is 7.98. The summed E-state index contributed by atoms with van der Waals surface area (Å²) in [6.45, 7) is 8.26. The van der Waals surface area contributed by atoms with Crippen molar-refractivity contribution in [2.75, 3.05) is 24.5 Å². The van der Waals surface area contributed by atoms with Gasteiger partial charge in [0, 0.05) is 25.3 Å². The van der Waals surface area contributed by atoms with E-state index in [0.29, 0.717) is 0 Å². The number of hydrogen-bond acceptors (Lipinski definition) is 2. The summed E-state index contributed by atoms with van der Waals surface area (Å²) in [7, 11) is 0. The van der Waals surface area contributed by atoms with E-state index < -0.39 is 0 Å². The van der Waals surface area contributed by atoms with E-state index in [-0.39, 0.29) is 5.82 Å². The van der Waals surface area contributed by atoms with E-state index in [2.05, 4.69) is 30.1 Å². The molecule has 1 N–H and O–H groups in total. The van der Waals surface area contributed by atoms with Crippen LogP contribution in [0.4, 0.5) is 10.1 Å². The van der Waals surface area contributed by atoms with Gasteiger partial charge in [-0.1, -0.05) is 20.3 Å². The number of nitrogens with one attached hydrogen (secondary N) is 1. The zero-order chi connectivity index (χ0) is 14.4. The Labute approximate surface area is 122 Å². The third kappa shape index (κ3) is 4.20. The minimum Gasteiger partial charge on any atom is -0.371 e. The Bertz CT molecular complexity index is 411. The van der Waals surface area contributed by atoms with Gasteiger partial charge in [-0.2, -0.15) is 0 Å². The van der Waals surface area contributed by atoms with Crippen LogP contribution in [0.25, 0.3) is 0 Å². The monoisotopic (exact) mass is 278 g/mol. The molecule has 2 rings (SSSR count). The number of halogens is 1. The van der Waals surface area contributed by atoms with Gasteiger partial charge in [0.1, 0.15) is 5.82 Å². The van der Waals surface area contributed by atoms with E-state index in [9.17, 15) is 4.39 Å². The fraction of sp³-hybridized carbons (Fsp3) is 0.647. The van der Waals surface area contributed by atoms with Crippen LogP contribution in [0.2, 0.25) is 0 Å². The quantitative estimate of drug-likeness (QED) is 0.793. The summed E-state index contributed by atoms with van der Waals surface area (Å²) < 4.78 is 13.8. The van der Waals surface area contributed by atoms with Crippen molar-refractivity contribution >= 4 is 5.69 Å². The Balaban J connectivity index is 2.00. The van der Waals surface area contributed by atoms with E-state index in [1.54, 1.807) is 12.1 Å². The van der Waals surface area contributed by atoms with Crippen LogP contribution in [0.1, 0.15) is 45.1 Å². The lowest BCUT2D eigenvalue weighted by atomic mass is 9.94. The molecule has 1 aromatic carbocycles. The number of hydrogen-bond donors (Lipinski definition) is 1. The molecule has 0 saturated carbocycles. The van der Waals surface area contributed by atoms with Gasteiger partial charge < -0.3 is 10.2 Å². The third-order valence-corrected chi connectivity index (χ3v) is 4.26. The highest BCUT2D eigenvalue weighted by atomic mass is 19.1. The lowest BCUT2D eigenvalue weighted by molar-refractivity contribution is 0.395. The second-order valence-corrected chi connectivity index (χ2v) is 5.83. The molecule has 0 spiro atoms. The molecule has 0 unspecified atom stereocenters. The number of rotatable bonds is 6. The second kappa shape index (κ2) is 7.63. The molecule has 0 bridgehead atoms. The molecule has 0 radical (unpaired) electrons. The van der Waals surface area contributed by atoms with Crippen molar-refractivity contribution in [1.29, 1.82) is 0 Å². The number of benzene rings is 1. The highest BCUT2D eigenvalue weighted by Gasteiger charge is 2.18. The van der Waals surface area contributed by atoms with Gasteiger partial charge in [0.2, 0.25) is 0 Å². The molecule has 2 nitrogen and oxygen atoms in total. The standard InChI is InChI=1S/C17H27FN2/c1-3-7-19-13-15-10-16(18)12-17(11-15)20-8-5-14(4-2)6-9-20/h10-12,14,19H,3-9,13H2,1-2H3. The molecular weight excluding hydrogens is 251 g/mol. The van der Waals surface area contributed by atoms with Crippen LogP contribution in [0, 0.1) is 11.7 Å². The highest BCUT2D eigenvalue weighted by Crippen LogP contribution is 2.26. The van der Waals surface area contributed by atoms with Crippen molar-refractivity contribution in [3.05, 3.63) is 29.6 Å². The van der Waals surface area contributed by atoms with Crippen LogP contribution in [0.3, 0.4) is 0 Å². The summed E-state index contributed by atoms with van der Waals surface area (Å²) in [6.07, 6.45) is 4.84. The number of piperidine rings is 1. The summed E-state index contributed by atoms with van der Waals surface area (Å²) in [5.74, 6) is 0.735. The normalized spacial score (nSPS) is 16.6. The molecule has 1 heterocycles. The molecule has 1 aromatic rings. The number of anilines is 1. The van der Waals surface area contributed by atoms with Gasteiger partial charge in [-0.05, 0) is 55.5 Å². The van der Waals surface area contributed by atoms with Crippen LogP contribution >= 0.6 is 0 Å². The largest absolute Gasteiger partial charge is 0.371 e. The Kier molecular flexibility index (Phi) is 5.84. The average Bonchev–Trinajstić information content (AvgIpc) is 2.47. The minimum atomic E-state index is -0.117. The Hall–Kier alpha value is -1.09. The van der Waals surface area contributed by atoms with E-state index >= 15 is 0 Å². The van der Waals surface area contributed by atoms with Crippen LogP contribution in [0.15, 0.2) is 18.2 Å². The van der Waals surface area contributed by atoms with Gasteiger partial charge in [-0.25, -0.2) is 4.39 Å². The van der Waals surface area contributed by atoms with Crippen LogP contribution in [-0.2, 0) is 6.54 Å². The third-order valence-electron chi connectivity index (χ3n) is 4.26. The first-order valence-electron chi connectivity index (χ1n) is 7.98. The first-order chi connectivity index (χ1) is 9.72.